The first-order chi connectivity index (χ1) is 17.5. The molecule has 2 aliphatic rings. The molecule has 1 unspecified atom stereocenters. The standard InChI is InChI=1S/C28H33N5O3/c1-4-16-36-28-29-26-19(3)33(24-18-21(34)17-20-8-6-7-9-22(20)24)11-10-23(26)27(30-28)32-14-12-31(13-15-32)25(35)5-2/h5-9,17-19,34H,2,4,10-16H2,1,3H3. The number of ether oxygens (including phenoxy) is 1. The first-order valence-electron chi connectivity index (χ1n) is 12.7. The fourth-order valence-electron chi connectivity index (χ4n) is 5.26. The summed E-state index contributed by atoms with van der Waals surface area (Å²) in [7, 11) is 0. The van der Waals surface area contributed by atoms with E-state index in [0.29, 0.717) is 38.8 Å². The van der Waals surface area contributed by atoms with Gasteiger partial charge in [0.25, 0.3) is 0 Å². The molecule has 8 heteroatoms. The van der Waals surface area contributed by atoms with Crippen LogP contribution in [-0.2, 0) is 11.2 Å². The SMILES string of the molecule is C=CC(=O)N1CCN(c2nc(OCCC)nc3c2CCN(c2cc(O)cc4ccccc24)C3C)CC1. The van der Waals surface area contributed by atoms with Crippen molar-refractivity contribution >= 4 is 28.2 Å². The van der Waals surface area contributed by atoms with Gasteiger partial charge in [-0.3, -0.25) is 4.79 Å². The Kier molecular flexibility index (Phi) is 6.67. The summed E-state index contributed by atoms with van der Waals surface area (Å²) in [6.45, 7) is 11.8. The Morgan fingerprint density at radius 1 is 1.17 bits per heavy atom. The third-order valence-electron chi connectivity index (χ3n) is 7.10. The fraction of sp³-hybridized carbons (Fsp3) is 0.393. The summed E-state index contributed by atoms with van der Waals surface area (Å²) in [5.74, 6) is 1.13. The number of phenolic OH excluding ortho intramolecular Hbond substituents is 1. The molecular formula is C28H33N5O3. The normalized spacial score (nSPS) is 17.7. The van der Waals surface area contributed by atoms with Gasteiger partial charge in [-0.25, -0.2) is 0 Å². The summed E-state index contributed by atoms with van der Waals surface area (Å²) >= 11 is 0. The number of anilines is 2. The summed E-state index contributed by atoms with van der Waals surface area (Å²) in [6, 6.07) is 12.1. The first-order valence-corrected chi connectivity index (χ1v) is 12.7. The van der Waals surface area contributed by atoms with Gasteiger partial charge in [-0.1, -0.05) is 37.8 Å². The lowest BCUT2D eigenvalue weighted by atomic mass is 9.96. The van der Waals surface area contributed by atoms with Crippen molar-refractivity contribution in [1.29, 1.82) is 0 Å². The third kappa shape index (κ3) is 4.43. The van der Waals surface area contributed by atoms with Gasteiger partial charge in [-0.2, -0.15) is 9.97 Å². The number of phenols is 1. The highest BCUT2D eigenvalue weighted by molar-refractivity contribution is 5.96. The van der Waals surface area contributed by atoms with Crippen molar-refractivity contribution in [2.24, 2.45) is 0 Å². The Labute approximate surface area is 211 Å². The molecule has 0 saturated carbocycles. The quantitative estimate of drug-likeness (QED) is 0.525. The molecule has 1 fully saturated rings. The topological polar surface area (TPSA) is 82.0 Å². The molecule has 3 aromatic rings. The average molecular weight is 488 g/mol. The van der Waals surface area contributed by atoms with E-state index in [9.17, 15) is 9.90 Å². The summed E-state index contributed by atoms with van der Waals surface area (Å²) in [5, 5.41) is 12.6. The molecule has 0 spiro atoms. The summed E-state index contributed by atoms with van der Waals surface area (Å²) in [4.78, 5) is 28.2. The fourth-order valence-corrected chi connectivity index (χ4v) is 5.26. The Morgan fingerprint density at radius 2 is 1.94 bits per heavy atom. The monoisotopic (exact) mass is 487 g/mol. The van der Waals surface area contributed by atoms with Crippen molar-refractivity contribution in [2.75, 3.05) is 49.1 Å². The average Bonchev–Trinajstić information content (AvgIpc) is 2.91. The number of hydrogen-bond donors (Lipinski definition) is 1. The highest BCUT2D eigenvalue weighted by Crippen LogP contribution is 2.41. The zero-order valence-electron chi connectivity index (χ0n) is 21.0. The molecule has 3 heterocycles. The largest absolute Gasteiger partial charge is 0.508 e. The number of benzene rings is 2. The minimum atomic E-state index is -0.0340. The third-order valence-corrected chi connectivity index (χ3v) is 7.10. The van der Waals surface area contributed by atoms with Crippen LogP contribution in [0.4, 0.5) is 11.5 Å². The molecular weight excluding hydrogens is 454 g/mol. The van der Waals surface area contributed by atoms with Crippen molar-refractivity contribution < 1.29 is 14.6 Å². The molecule has 1 amide bonds. The van der Waals surface area contributed by atoms with E-state index >= 15 is 0 Å². The van der Waals surface area contributed by atoms with E-state index in [2.05, 4.69) is 36.3 Å². The van der Waals surface area contributed by atoms with Gasteiger partial charge >= 0.3 is 6.01 Å². The van der Waals surface area contributed by atoms with Crippen molar-refractivity contribution in [2.45, 2.75) is 32.7 Å². The summed E-state index contributed by atoms with van der Waals surface area (Å²) < 4.78 is 5.92. The van der Waals surface area contributed by atoms with E-state index in [0.717, 1.165) is 52.9 Å². The van der Waals surface area contributed by atoms with Crippen LogP contribution < -0.4 is 14.5 Å². The maximum Gasteiger partial charge on any atom is 0.318 e. The summed E-state index contributed by atoms with van der Waals surface area (Å²) in [6.07, 6.45) is 3.02. The number of amides is 1. The number of aromatic hydroxyl groups is 1. The Balaban J connectivity index is 1.52. The number of nitrogens with zero attached hydrogens (tertiary/aromatic N) is 5. The molecule has 0 aliphatic carbocycles. The molecule has 188 valence electrons. The highest BCUT2D eigenvalue weighted by atomic mass is 16.5. The number of carbonyl (C=O) groups excluding carboxylic acids is 1. The van der Waals surface area contributed by atoms with E-state index in [1.807, 2.05) is 29.2 Å². The second kappa shape index (κ2) is 10.0. The molecule has 1 aromatic heterocycles. The number of hydrogen-bond acceptors (Lipinski definition) is 7. The van der Waals surface area contributed by atoms with Crippen LogP contribution in [0.1, 0.15) is 37.6 Å². The number of fused-ring (bicyclic) bond motifs is 2. The van der Waals surface area contributed by atoms with Crippen molar-refractivity contribution in [1.82, 2.24) is 14.9 Å². The van der Waals surface area contributed by atoms with Crippen molar-refractivity contribution in [3.63, 3.8) is 0 Å². The molecule has 8 nitrogen and oxygen atoms in total. The maximum absolute atomic E-state index is 12.1. The Hall–Kier alpha value is -3.81. The molecule has 2 aromatic carbocycles. The zero-order chi connectivity index (χ0) is 25.2. The van der Waals surface area contributed by atoms with Crippen LogP contribution in [0.5, 0.6) is 11.8 Å². The molecule has 0 radical (unpaired) electrons. The van der Waals surface area contributed by atoms with Crippen molar-refractivity contribution in [3.8, 4) is 11.8 Å². The van der Waals surface area contributed by atoms with E-state index in [1.54, 1.807) is 6.07 Å². The maximum atomic E-state index is 12.1. The second-order valence-electron chi connectivity index (χ2n) is 9.36. The highest BCUT2D eigenvalue weighted by Gasteiger charge is 2.33. The Morgan fingerprint density at radius 3 is 2.69 bits per heavy atom. The lowest BCUT2D eigenvalue weighted by Crippen LogP contribution is -2.49. The van der Waals surface area contributed by atoms with Gasteiger partial charge < -0.3 is 24.5 Å². The minimum absolute atomic E-state index is 0.0334. The van der Waals surface area contributed by atoms with Gasteiger partial charge in [0, 0.05) is 55.4 Å². The zero-order valence-corrected chi connectivity index (χ0v) is 21.0. The van der Waals surface area contributed by atoms with Crippen LogP contribution in [0.2, 0.25) is 0 Å². The van der Waals surface area contributed by atoms with Crippen LogP contribution in [0.15, 0.2) is 49.1 Å². The number of piperazine rings is 1. The van der Waals surface area contributed by atoms with Gasteiger partial charge in [0.05, 0.1) is 18.3 Å². The number of rotatable bonds is 6. The molecule has 1 atom stereocenters. The molecule has 36 heavy (non-hydrogen) atoms. The molecule has 1 saturated heterocycles. The summed E-state index contributed by atoms with van der Waals surface area (Å²) in [5.41, 5.74) is 3.08. The number of aromatic nitrogens is 2. The minimum Gasteiger partial charge on any atom is -0.508 e. The van der Waals surface area contributed by atoms with Crippen LogP contribution in [0.3, 0.4) is 0 Å². The van der Waals surface area contributed by atoms with Crippen LogP contribution in [0, 0.1) is 0 Å². The number of carbonyl (C=O) groups is 1. The lowest BCUT2D eigenvalue weighted by molar-refractivity contribution is -0.126. The van der Waals surface area contributed by atoms with Gasteiger partial charge in [-0.05, 0) is 37.3 Å². The van der Waals surface area contributed by atoms with Gasteiger partial charge in [-0.15, -0.1) is 0 Å². The molecule has 0 bridgehead atoms. The van der Waals surface area contributed by atoms with Crippen LogP contribution in [0.25, 0.3) is 10.8 Å². The van der Waals surface area contributed by atoms with Gasteiger partial charge in [0.1, 0.15) is 11.6 Å². The van der Waals surface area contributed by atoms with Crippen LogP contribution >= 0.6 is 0 Å². The van der Waals surface area contributed by atoms with E-state index in [1.165, 1.54) is 6.08 Å². The Bertz CT molecular complexity index is 1290. The smallest absolute Gasteiger partial charge is 0.318 e. The van der Waals surface area contributed by atoms with E-state index in [-0.39, 0.29) is 17.7 Å². The molecule has 2 aliphatic heterocycles. The predicted molar refractivity (Wildman–Crippen MR) is 142 cm³/mol. The predicted octanol–water partition coefficient (Wildman–Crippen LogP) is 4.08. The molecule has 1 N–H and O–H groups in total. The van der Waals surface area contributed by atoms with Crippen LogP contribution in [-0.4, -0.2) is 65.2 Å². The van der Waals surface area contributed by atoms with E-state index < -0.39 is 0 Å². The van der Waals surface area contributed by atoms with Gasteiger partial charge in [0.2, 0.25) is 5.91 Å². The second-order valence-corrected chi connectivity index (χ2v) is 9.36. The van der Waals surface area contributed by atoms with Gasteiger partial charge in [0.15, 0.2) is 0 Å². The molecule has 5 rings (SSSR count). The first kappa shape index (κ1) is 23.9. The lowest BCUT2D eigenvalue weighted by Gasteiger charge is -2.40. The van der Waals surface area contributed by atoms with E-state index in [4.69, 9.17) is 14.7 Å². The van der Waals surface area contributed by atoms with Crippen molar-refractivity contribution in [3.05, 3.63) is 60.3 Å².